The number of ether oxygens (including phenoxy) is 1. The van der Waals surface area contributed by atoms with Crippen molar-refractivity contribution >= 4 is 16.9 Å². The summed E-state index contributed by atoms with van der Waals surface area (Å²) in [5.41, 5.74) is 2.12. The number of nitrogens with zero attached hydrogens (tertiary/aromatic N) is 2. The van der Waals surface area contributed by atoms with Crippen LogP contribution >= 0.6 is 0 Å². The van der Waals surface area contributed by atoms with Crippen molar-refractivity contribution < 1.29 is 9.53 Å². The third kappa shape index (κ3) is 2.50. The van der Waals surface area contributed by atoms with Crippen molar-refractivity contribution in [1.29, 1.82) is 0 Å². The van der Waals surface area contributed by atoms with E-state index in [-0.39, 0.29) is 12.0 Å². The highest BCUT2D eigenvalue weighted by Gasteiger charge is 2.31. The minimum atomic E-state index is -0.192. The van der Waals surface area contributed by atoms with E-state index in [0.717, 1.165) is 62.2 Å². The van der Waals surface area contributed by atoms with Crippen molar-refractivity contribution in [3.05, 3.63) is 30.1 Å². The van der Waals surface area contributed by atoms with Crippen molar-refractivity contribution in [2.24, 2.45) is 0 Å². The number of piperidine rings is 1. The molecule has 0 spiro atoms. The second-order valence-electron chi connectivity index (χ2n) is 6.24. The summed E-state index contributed by atoms with van der Waals surface area (Å²) in [6.45, 7) is 2.34. The number of H-pyrrole nitrogens is 1. The molecule has 2 fully saturated rings. The molecule has 1 N–H and O–H groups in total. The molecule has 0 unspecified atom stereocenters. The normalized spacial score (nSPS) is 23.3. The number of imidazole rings is 1. The van der Waals surface area contributed by atoms with Crippen LogP contribution in [-0.4, -0.2) is 46.6 Å². The van der Waals surface area contributed by atoms with Gasteiger partial charge in [0.1, 0.15) is 11.9 Å². The zero-order valence-electron chi connectivity index (χ0n) is 12.6. The van der Waals surface area contributed by atoms with E-state index in [2.05, 4.69) is 11.1 Å². The zero-order valence-corrected chi connectivity index (χ0v) is 12.6. The average molecular weight is 299 g/mol. The molecule has 4 rings (SSSR count). The lowest BCUT2D eigenvalue weighted by molar-refractivity contribution is -0.142. The Balaban J connectivity index is 1.41. The van der Waals surface area contributed by atoms with Crippen molar-refractivity contribution in [2.45, 2.75) is 37.7 Å². The van der Waals surface area contributed by atoms with Gasteiger partial charge >= 0.3 is 0 Å². The van der Waals surface area contributed by atoms with Crippen molar-refractivity contribution in [3.63, 3.8) is 0 Å². The smallest absolute Gasteiger partial charge is 0.251 e. The first kappa shape index (κ1) is 13.8. The molecule has 2 aliphatic heterocycles. The van der Waals surface area contributed by atoms with Crippen LogP contribution in [0.25, 0.3) is 11.0 Å². The van der Waals surface area contributed by atoms with E-state index in [0.29, 0.717) is 5.92 Å². The number of aromatic amines is 1. The number of hydrogen-bond acceptors (Lipinski definition) is 3. The summed E-state index contributed by atoms with van der Waals surface area (Å²) in [5.74, 6) is 1.66. The van der Waals surface area contributed by atoms with Crippen molar-refractivity contribution in [3.8, 4) is 0 Å². The van der Waals surface area contributed by atoms with Gasteiger partial charge in [0.15, 0.2) is 0 Å². The summed E-state index contributed by atoms with van der Waals surface area (Å²) in [4.78, 5) is 22.5. The molecule has 2 aliphatic rings. The Hall–Kier alpha value is -1.88. The fraction of sp³-hybridized carbons (Fsp3) is 0.529. The molecule has 0 saturated carbocycles. The molecule has 1 aromatic heterocycles. The zero-order chi connectivity index (χ0) is 14.9. The summed E-state index contributed by atoms with van der Waals surface area (Å²) in [7, 11) is 0. The van der Waals surface area contributed by atoms with E-state index in [1.807, 2.05) is 23.1 Å². The molecule has 22 heavy (non-hydrogen) atoms. The van der Waals surface area contributed by atoms with E-state index in [9.17, 15) is 4.79 Å². The van der Waals surface area contributed by atoms with Crippen LogP contribution in [0.15, 0.2) is 24.3 Å². The topological polar surface area (TPSA) is 58.2 Å². The molecule has 3 heterocycles. The number of nitrogens with one attached hydrogen (secondary N) is 1. The Morgan fingerprint density at radius 2 is 2.05 bits per heavy atom. The number of carbonyl (C=O) groups is 1. The molecule has 2 aromatic rings. The highest BCUT2D eigenvalue weighted by molar-refractivity contribution is 5.81. The van der Waals surface area contributed by atoms with Gasteiger partial charge in [-0.3, -0.25) is 4.79 Å². The first-order valence-corrected chi connectivity index (χ1v) is 8.16. The van der Waals surface area contributed by atoms with Gasteiger partial charge in [-0.1, -0.05) is 12.1 Å². The highest BCUT2D eigenvalue weighted by Crippen LogP contribution is 2.28. The SMILES string of the molecule is O=C([C@H]1CCCO1)N1CCC(c2nc3ccccc3[nH]2)CC1. The second kappa shape index (κ2) is 5.72. The van der Waals surface area contributed by atoms with Gasteiger partial charge in [-0.2, -0.15) is 0 Å². The highest BCUT2D eigenvalue weighted by atomic mass is 16.5. The quantitative estimate of drug-likeness (QED) is 0.926. The van der Waals surface area contributed by atoms with Crippen LogP contribution in [0.3, 0.4) is 0 Å². The number of fused-ring (bicyclic) bond motifs is 1. The predicted octanol–water partition coefficient (Wildman–Crippen LogP) is 2.45. The Kier molecular flexibility index (Phi) is 3.58. The Bertz CT molecular complexity index is 634. The minimum absolute atomic E-state index is 0.181. The minimum Gasteiger partial charge on any atom is -0.368 e. The molecular weight excluding hydrogens is 278 g/mol. The number of benzene rings is 1. The molecule has 5 nitrogen and oxygen atoms in total. The van der Waals surface area contributed by atoms with E-state index >= 15 is 0 Å². The number of amides is 1. The number of likely N-dealkylation sites (tertiary alicyclic amines) is 1. The molecule has 1 atom stereocenters. The third-order valence-electron chi connectivity index (χ3n) is 4.81. The summed E-state index contributed by atoms with van der Waals surface area (Å²) >= 11 is 0. The molecule has 0 bridgehead atoms. The summed E-state index contributed by atoms with van der Waals surface area (Å²) in [6.07, 6.45) is 3.63. The van der Waals surface area contributed by atoms with Gasteiger partial charge in [0, 0.05) is 25.6 Å². The van der Waals surface area contributed by atoms with Gasteiger partial charge in [0.2, 0.25) is 0 Å². The lowest BCUT2D eigenvalue weighted by Gasteiger charge is -2.32. The molecule has 1 aromatic carbocycles. The van der Waals surface area contributed by atoms with Crippen LogP contribution in [0, 0.1) is 0 Å². The third-order valence-corrected chi connectivity index (χ3v) is 4.81. The fourth-order valence-corrected chi connectivity index (χ4v) is 3.52. The Morgan fingerprint density at radius 3 is 2.77 bits per heavy atom. The van der Waals surface area contributed by atoms with Crippen LogP contribution in [0.1, 0.15) is 37.4 Å². The number of hydrogen-bond donors (Lipinski definition) is 1. The Morgan fingerprint density at radius 1 is 1.23 bits per heavy atom. The largest absolute Gasteiger partial charge is 0.368 e. The number of rotatable bonds is 2. The lowest BCUT2D eigenvalue weighted by Crippen LogP contribution is -2.43. The standard InChI is InChI=1S/C17H21N3O2/c21-17(15-6-3-11-22-15)20-9-7-12(8-10-20)16-18-13-4-1-2-5-14(13)19-16/h1-2,4-5,12,15H,3,6-11H2,(H,18,19)/t15-/m1/s1. The van der Waals surface area contributed by atoms with Gasteiger partial charge in [0.05, 0.1) is 11.0 Å². The second-order valence-corrected chi connectivity index (χ2v) is 6.24. The van der Waals surface area contributed by atoms with Crippen LogP contribution in [0.5, 0.6) is 0 Å². The van der Waals surface area contributed by atoms with E-state index in [1.54, 1.807) is 0 Å². The van der Waals surface area contributed by atoms with Crippen molar-refractivity contribution in [1.82, 2.24) is 14.9 Å². The van der Waals surface area contributed by atoms with Crippen LogP contribution in [0.2, 0.25) is 0 Å². The predicted molar refractivity (Wildman–Crippen MR) is 83.6 cm³/mol. The maximum atomic E-state index is 12.4. The first-order valence-electron chi connectivity index (χ1n) is 8.16. The number of carbonyl (C=O) groups excluding carboxylic acids is 1. The van der Waals surface area contributed by atoms with Gasteiger partial charge in [-0.05, 0) is 37.8 Å². The van der Waals surface area contributed by atoms with Gasteiger partial charge in [-0.25, -0.2) is 4.98 Å². The molecule has 116 valence electrons. The van der Waals surface area contributed by atoms with Crippen LogP contribution in [0.4, 0.5) is 0 Å². The van der Waals surface area contributed by atoms with Crippen LogP contribution in [-0.2, 0) is 9.53 Å². The molecular formula is C17H21N3O2. The van der Waals surface area contributed by atoms with E-state index in [4.69, 9.17) is 9.72 Å². The fourth-order valence-electron chi connectivity index (χ4n) is 3.52. The van der Waals surface area contributed by atoms with E-state index in [1.165, 1.54) is 0 Å². The summed E-state index contributed by atoms with van der Waals surface area (Å²) in [5, 5.41) is 0. The Labute approximate surface area is 129 Å². The number of aromatic nitrogens is 2. The molecule has 5 heteroatoms. The van der Waals surface area contributed by atoms with Gasteiger partial charge in [0.25, 0.3) is 5.91 Å². The summed E-state index contributed by atoms with van der Waals surface area (Å²) in [6, 6.07) is 8.12. The molecule has 1 amide bonds. The molecule has 0 aliphatic carbocycles. The average Bonchev–Trinajstić information content (AvgIpc) is 3.23. The van der Waals surface area contributed by atoms with Crippen LogP contribution < -0.4 is 0 Å². The van der Waals surface area contributed by atoms with Gasteiger partial charge < -0.3 is 14.6 Å². The molecule has 0 radical (unpaired) electrons. The summed E-state index contributed by atoms with van der Waals surface area (Å²) < 4.78 is 5.51. The maximum Gasteiger partial charge on any atom is 0.251 e. The van der Waals surface area contributed by atoms with Crippen molar-refractivity contribution in [2.75, 3.05) is 19.7 Å². The lowest BCUT2D eigenvalue weighted by atomic mass is 9.95. The first-order chi connectivity index (χ1) is 10.8. The van der Waals surface area contributed by atoms with Gasteiger partial charge in [-0.15, -0.1) is 0 Å². The van der Waals surface area contributed by atoms with E-state index < -0.39 is 0 Å². The molecule has 2 saturated heterocycles. The maximum absolute atomic E-state index is 12.4. The number of para-hydroxylation sites is 2. The monoisotopic (exact) mass is 299 g/mol.